The molecular formula is C35H43NO6. The van der Waals surface area contributed by atoms with Crippen LogP contribution >= 0.6 is 0 Å². The van der Waals surface area contributed by atoms with Crippen molar-refractivity contribution >= 4 is 17.8 Å². The average Bonchev–Trinajstić information content (AvgIpc) is 3.59. The number of unbranched alkanes of at least 4 members (excludes halogenated alkanes) is 7. The quantitative estimate of drug-likeness (QED) is 0.110. The smallest absolute Gasteiger partial charge is 0.417 e. The van der Waals surface area contributed by atoms with Crippen LogP contribution in [0.15, 0.2) is 65.1 Å². The van der Waals surface area contributed by atoms with Crippen molar-refractivity contribution in [1.82, 2.24) is 4.90 Å². The van der Waals surface area contributed by atoms with E-state index in [0.29, 0.717) is 12.8 Å². The van der Waals surface area contributed by atoms with Crippen LogP contribution in [0.4, 0.5) is 4.79 Å². The molecule has 224 valence electrons. The van der Waals surface area contributed by atoms with E-state index in [2.05, 4.69) is 6.07 Å². The fourth-order valence-electron chi connectivity index (χ4n) is 5.55. The molecule has 1 aromatic heterocycles. The standard InChI is InChI=1S/C35H43NO6/c1-25-15-14-18-28(21-25)30-23-32(42-31(30)19-12-7-5-3-4-6-8-13-20-37)33(38)26(2)34(39)36-29(24-41-35(36)40)22-27-16-10-9-11-17-27/h9-11,14-18,21,23,26,29,37H,3-8,12-13,19-20,22,24H2,1-2H3/t26-,29-/m0/s1. The van der Waals surface area contributed by atoms with Crippen molar-refractivity contribution in [3.05, 3.63) is 83.3 Å². The third-order valence-corrected chi connectivity index (χ3v) is 7.97. The van der Waals surface area contributed by atoms with Crippen LogP contribution in [0.25, 0.3) is 11.1 Å². The molecule has 0 spiro atoms. The van der Waals surface area contributed by atoms with Gasteiger partial charge in [-0.3, -0.25) is 9.59 Å². The molecule has 7 nitrogen and oxygen atoms in total. The topological polar surface area (TPSA) is 97.1 Å². The first kappa shape index (κ1) is 31.2. The molecule has 0 radical (unpaired) electrons. The van der Waals surface area contributed by atoms with Crippen LogP contribution in [0.1, 0.15) is 85.7 Å². The molecule has 7 heteroatoms. The van der Waals surface area contributed by atoms with Crippen molar-refractivity contribution in [2.45, 2.75) is 84.1 Å². The molecule has 42 heavy (non-hydrogen) atoms. The summed E-state index contributed by atoms with van der Waals surface area (Å²) in [5.41, 5.74) is 3.93. The van der Waals surface area contributed by atoms with Crippen molar-refractivity contribution in [1.29, 1.82) is 0 Å². The highest BCUT2D eigenvalue weighted by atomic mass is 16.6. The number of cyclic esters (lactones) is 1. The number of carbonyl (C=O) groups excluding carboxylic acids is 3. The Morgan fingerprint density at radius 3 is 2.31 bits per heavy atom. The Bertz CT molecular complexity index is 1330. The number of amides is 2. The summed E-state index contributed by atoms with van der Waals surface area (Å²) in [7, 11) is 0. The lowest BCUT2D eigenvalue weighted by Gasteiger charge is -2.22. The van der Waals surface area contributed by atoms with E-state index in [1.54, 1.807) is 6.07 Å². The molecule has 0 saturated carbocycles. The summed E-state index contributed by atoms with van der Waals surface area (Å²) in [5.74, 6) is -1.23. The average molecular weight is 574 g/mol. The zero-order chi connectivity index (χ0) is 29.9. The van der Waals surface area contributed by atoms with E-state index in [-0.39, 0.29) is 19.0 Å². The van der Waals surface area contributed by atoms with Gasteiger partial charge in [0.1, 0.15) is 18.3 Å². The van der Waals surface area contributed by atoms with Gasteiger partial charge in [0, 0.05) is 18.6 Å². The van der Waals surface area contributed by atoms with E-state index < -0.39 is 29.7 Å². The largest absolute Gasteiger partial charge is 0.457 e. The molecule has 3 aromatic rings. The number of ketones is 1. The van der Waals surface area contributed by atoms with Crippen LogP contribution in [0.2, 0.25) is 0 Å². The molecule has 2 atom stereocenters. The number of aliphatic hydroxyl groups is 1. The highest BCUT2D eigenvalue weighted by Crippen LogP contribution is 2.31. The summed E-state index contributed by atoms with van der Waals surface area (Å²) >= 11 is 0. The zero-order valence-electron chi connectivity index (χ0n) is 24.8. The predicted octanol–water partition coefficient (Wildman–Crippen LogP) is 7.32. The summed E-state index contributed by atoms with van der Waals surface area (Å²) in [6.07, 6.45) is 9.03. The number of Topliss-reactive ketones (excluding diaryl/α,β-unsaturated/α-hetero) is 1. The van der Waals surface area contributed by atoms with E-state index in [9.17, 15) is 14.4 Å². The highest BCUT2D eigenvalue weighted by Gasteiger charge is 2.42. The minimum Gasteiger partial charge on any atom is -0.457 e. The minimum atomic E-state index is -1.09. The van der Waals surface area contributed by atoms with Crippen molar-refractivity contribution in [2.75, 3.05) is 13.2 Å². The summed E-state index contributed by atoms with van der Waals surface area (Å²) in [5, 5.41) is 8.91. The van der Waals surface area contributed by atoms with Gasteiger partial charge in [-0.2, -0.15) is 0 Å². The fourth-order valence-corrected chi connectivity index (χ4v) is 5.55. The first-order valence-electron chi connectivity index (χ1n) is 15.3. The first-order chi connectivity index (χ1) is 20.4. The number of aliphatic hydroxyl groups excluding tert-OH is 1. The summed E-state index contributed by atoms with van der Waals surface area (Å²) in [6, 6.07) is 19.0. The molecule has 1 fully saturated rings. The van der Waals surface area contributed by atoms with E-state index in [0.717, 1.165) is 71.4 Å². The van der Waals surface area contributed by atoms with Crippen LogP contribution in [-0.4, -0.2) is 47.0 Å². The number of nitrogens with zero attached hydrogens (tertiary/aromatic N) is 1. The van der Waals surface area contributed by atoms with Crippen LogP contribution < -0.4 is 0 Å². The molecule has 0 aliphatic carbocycles. The maximum Gasteiger partial charge on any atom is 0.417 e. The van der Waals surface area contributed by atoms with Gasteiger partial charge in [-0.05, 0) is 50.3 Å². The van der Waals surface area contributed by atoms with Gasteiger partial charge < -0.3 is 14.3 Å². The zero-order valence-corrected chi connectivity index (χ0v) is 24.8. The summed E-state index contributed by atoms with van der Waals surface area (Å²) < 4.78 is 11.4. The second-order valence-corrected chi connectivity index (χ2v) is 11.3. The lowest BCUT2D eigenvalue weighted by molar-refractivity contribution is -0.131. The number of benzene rings is 2. The maximum absolute atomic E-state index is 13.6. The highest BCUT2D eigenvalue weighted by molar-refractivity contribution is 6.12. The third kappa shape index (κ3) is 8.19. The van der Waals surface area contributed by atoms with Crippen molar-refractivity contribution < 1.29 is 28.6 Å². The van der Waals surface area contributed by atoms with Crippen LogP contribution in [0.3, 0.4) is 0 Å². The number of hydrogen-bond acceptors (Lipinski definition) is 6. The van der Waals surface area contributed by atoms with Crippen LogP contribution in [0.5, 0.6) is 0 Å². The molecule has 0 unspecified atom stereocenters. The lowest BCUT2D eigenvalue weighted by atomic mass is 9.98. The van der Waals surface area contributed by atoms with Gasteiger partial charge in [-0.1, -0.05) is 98.7 Å². The van der Waals surface area contributed by atoms with Gasteiger partial charge in [0.2, 0.25) is 11.7 Å². The van der Waals surface area contributed by atoms with Crippen molar-refractivity contribution in [3.63, 3.8) is 0 Å². The van der Waals surface area contributed by atoms with E-state index >= 15 is 0 Å². The minimum absolute atomic E-state index is 0.103. The number of furan rings is 1. The van der Waals surface area contributed by atoms with Gasteiger partial charge >= 0.3 is 6.09 Å². The molecule has 0 bridgehead atoms. The Kier molecular flexibility index (Phi) is 11.5. The van der Waals surface area contributed by atoms with E-state index in [1.165, 1.54) is 19.8 Å². The summed E-state index contributed by atoms with van der Waals surface area (Å²) in [6.45, 7) is 3.93. The van der Waals surface area contributed by atoms with Gasteiger partial charge in [-0.25, -0.2) is 9.69 Å². The Morgan fingerprint density at radius 1 is 0.929 bits per heavy atom. The molecule has 1 aliphatic heterocycles. The molecule has 2 amide bonds. The number of ether oxygens (including phenoxy) is 1. The Labute approximate surface area is 248 Å². The monoisotopic (exact) mass is 573 g/mol. The van der Waals surface area contributed by atoms with Crippen molar-refractivity contribution in [3.8, 4) is 11.1 Å². The maximum atomic E-state index is 13.6. The molecule has 1 saturated heterocycles. The second-order valence-electron chi connectivity index (χ2n) is 11.3. The van der Waals surface area contributed by atoms with E-state index in [4.69, 9.17) is 14.3 Å². The summed E-state index contributed by atoms with van der Waals surface area (Å²) in [4.78, 5) is 40.7. The van der Waals surface area contributed by atoms with Crippen LogP contribution in [0, 0.1) is 12.8 Å². The molecule has 4 rings (SSSR count). The van der Waals surface area contributed by atoms with Gasteiger partial charge in [0.15, 0.2) is 5.76 Å². The molecule has 2 aromatic carbocycles. The number of carbonyl (C=O) groups is 3. The lowest BCUT2D eigenvalue weighted by Crippen LogP contribution is -2.44. The van der Waals surface area contributed by atoms with Gasteiger partial charge in [-0.15, -0.1) is 0 Å². The number of imide groups is 1. The Balaban J connectivity index is 1.44. The second kappa shape index (κ2) is 15.5. The van der Waals surface area contributed by atoms with Gasteiger partial charge in [0.25, 0.3) is 0 Å². The SMILES string of the molecule is Cc1cccc(-c2cc(C(=O)[C@H](C)C(=O)N3C(=O)OC[C@@H]3Cc3ccccc3)oc2CCCCCCCCCCO)c1. The predicted molar refractivity (Wildman–Crippen MR) is 162 cm³/mol. The van der Waals surface area contributed by atoms with Crippen LogP contribution in [-0.2, 0) is 22.4 Å². The number of rotatable bonds is 16. The Hall–Kier alpha value is -3.71. The van der Waals surface area contributed by atoms with Gasteiger partial charge in [0.05, 0.1) is 6.04 Å². The molecular weight excluding hydrogens is 530 g/mol. The fraction of sp³-hybridized carbons (Fsp3) is 0.457. The first-order valence-corrected chi connectivity index (χ1v) is 15.3. The van der Waals surface area contributed by atoms with Crippen molar-refractivity contribution in [2.24, 2.45) is 5.92 Å². The Morgan fingerprint density at radius 2 is 1.62 bits per heavy atom. The third-order valence-electron chi connectivity index (χ3n) is 7.97. The molecule has 1 N–H and O–H groups in total. The normalized spacial score (nSPS) is 15.5. The van der Waals surface area contributed by atoms with E-state index in [1.807, 2.05) is 55.5 Å². The molecule has 1 aliphatic rings. The number of aryl methyl sites for hydroxylation is 2. The molecule has 2 heterocycles. The number of hydrogen-bond donors (Lipinski definition) is 1.